The second kappa shape index (κ2) is 5.41. The lowest BCUT2D eigenvalue weighted by Crippen LogP contribution is -1.96. The molecule has 0 saturated heterocycles. The minimum Gasteiger partial charge on any atom is -0.492 e. The van der Waals surface area contributed by atoms with E-state index < -0.39 is 0 Å². The Bertz CT molecular complexity index is 304. The summed E-state index contributed by atoms with van der Waals surface area (Å²) in [7, 11) is 0. The van der Waals surface area contributed by atoms with E-state index in [2.05, 4.69) is 45.4 Å². The quantitative estimate of drug-likeness (QED) is 0.559. The van der Waals surface area contributed by atoms with E-state index in [1.54, 1.807) is 0 Å². The van der Waals surface area contributed by atoms with E-state index in [-0.39, 0.29) is 0 Å². The van der Waals surface area contributed by atoms with Crippen molar-refractivity contribution in [1.82, 2.24) is 0 Å². The van der Waals surface area contributed by atoms with E-state index in [4.69, 9.17) is 16.3 Å². The Balaban J connectivity index is 2.90. The molecule has 0 saturated carbocycles. The van der Waals surface area contributed by atoms with Crippen LogP contribution in [-0.2, 0) is 0 Å². The summed E-state index contributed by atoms with van der Waals surface area (Å²) >= 11 is 11.7. The first kappa shape index (κ1) is 11.6. The average Bonchev–Trinajstić information content (AvgIpc) is 2.13. The highest BCUT2D eigenvalue weighted by Gasteiger charge is 2.08. The van der Waals surface area contributed by atoms with Crippen molar-refractivity contribution in [1.29, 1.82) is 0 Å². The molecule has 4 heteroatoms. The van der Waals surface area contributed by atoms with Crippen molar-refractivity contribution in [2.24, 2.45) is 0 Å². The lowest BCUT2D eigenvalue weighted by Gasteiger charge is -2.08. The van der Waals surface area contributed by atoms with Gasteiger partial charge in [-0.05, 0) is 57.1 Å². The zero-order valence-corrected chi connectivity index (χ0v) is 11.6. The van der Waals surface area contributed by atoms with Crippen molar-refractivity contribution in [2.45, 2.75) is 13.3 Å². The van der Waals surface area contributed by atoms with Crippen LogP contribution in [0, 0.1) is 3.57 Å². The Hall–Kier alpha value is 0.520. The van der Waals surface area contributed by atoms with Crippen LogP contribution in [0.5, 0.6) is 5.75 Å². The number of halogens is 3. The summed E-state index contributed by atoms with van der Waals surface area (Å²) in [5.74, 6) is 0.760. The van der Waals surface area contributed by atoms with Crippen LogP contribution in [-0.4, -0.2) is 6.61 Å². The van der Waals surface area contributed by atoms with E-state index in [1.165, 1.54) is 0 Å². The maximum atomic E-state index is 6.07. The third-order valence-corrected chi connectivity index (χ3v) is 4.68. The molecule has 1 nitrogen and oxygen atoms in total. The molecule has 0 amide bonds. The third-order valence-electron chi connectivity index (χ3n) is 1.46. The van der Waals surface area contributed by atoms with Gasteiger partial charge in [0.25, 0.3) is 0 Å². The molecule has 0 aliphatic rings. The number of benzene rings is 1. The highest BCUT2D eigenvalue weighted by atomic mass is 127. The molecule has 0 atom stereocenters. The molecule has 0 aliphatic carbocycles. The summed E-state index contributed by atoms with van der Waals surface area (Å²) in [5.41, 5.74) is 0. The number of hydrogen-bond donors (Lipinski definition) is 0. The molecular formula is C9H9BrClIO. The fraction of sp³-hybridized carbons (Fsp3) is 0.333. The summed E-state index contributed by atoms with van der Waals surface area (Å²) in [6, 6.07) is 3.82. The number of ether oxygens (including phenoxy) is 1. The largest absolute Gasteiger partial charge is 0.492 e. The van der Waals surface area contributed by atoms with Gasteiger partial charge in [0.05, 0.1) is 11.6 Å². The van der Waals surface area contributed by atoms with Gasteiger partial charge in [-0.3, -0.25) is 0 Å². The van der Waals surface area contributed by atoms with E-state index in [9.17, 15) is 0 Å². The van der Waals surface area contributed by atoms with Crippen molar-refractivity contribution in [2.75, 3.05) is 6.61 Å². The molecular weight excluding hydrogens is 366 g/mol. The van der Waals surface area contributed by atoms with Crippen LogP contribution in [0.3, 0.4) is 0 Å². The van der Waals surface area contributed by atoms with Crippen LogP contribution in [0.25, 0.3) is 0 Å². The maximum absolute atomic E-state index is 6.07. The van der Waals surface area contributed by atoms with Gasteiger partial charge in [-0.2, -0.15) is 0 Å². The Morgan fingerprint density at radius 3 is 2.85 bits per heavy atom. The first-order valence-corrected chi connectivity index (χ1v) is 6.18. The fourth-order valence-corrected chi connectivity index (χ4v) is 1.94. The molecule has 0 aliphatic heterocycles. The first-order valence-electron chi connectivity index (χ1n) is 3.93. The molecule has 0 heterocycles. The van der Waals surface area contributed by atoms with Crippen LogP contribution in [0.4, 0.5) is 0 Å². The van der Waals surface area contributed by atoms with Gasteiger partial charge >= 0.3 is 0 Å². The van der Waals surface area contributed by atoms with Crippen LogP contribution in [0.15, 0.2) is 16.6 Å². The number of rotatable bonds is 3. The van der Waals surface area contributed by atoms with Gasteiger partial charge in [-0.25, -0.2) is 0 Å². The Morgan fingerprint density at radius 2 is 2.23 bits per heavy atom. The molecule has 72 valence electrons. The normalized spacial score (nSPS) is 10.2. The Labute approximate surface area is 105 Å². The van der Waals surface area contributed by atoms with Crippen molar-refractivity contribution in [3.05, 3.63) is 25.2 Å². The zero-order chi connectivity index (χ0) is 9.84. The molecule has 0 fully saturated rings. The fourth-order valence-electron chi connectivity index (χ4n) is 0.832. The second-order valence-corrected chi connectivity index (χ2v) is 4.83. The van der Waals surface area contributed by atoms with Gasteiger partial charge in [0.1, 0.15) is 5.75 Å². The molecule has 13 heavy (non-hydrogen) atoms. The predicted molar refractivity (Wildman–Crippen MR) is 67.7 cm³/mol. The van der Waals surface area contributed by atoms with Crippen molar-refractivity contribution in [3.63, 3.8) is 0 Å². The molecule has 1 rings (SSSR count). The molecule has 0 bridgehead atoms. The van der Waals surface area contributed by atoms with E-state index >= 15 is 0 Å². The predicted octanol–water partition coefficient (Wildman–Crippen LogP) is 4.50. The first-order chi connectivity index (χ1) is 6.16. The van der Waals surface area contributed by atoms with Gasteiger partial charge < -0.3 is 4.74 Å². The van der Waals surface area contributed by atoms with Crippen LogP contribution in [0.2, 0.25) is 5.02 Å². The SMILES string of the molecule is CCCOc1ccc(Br)c(I)c1Cl. The molecule has 1 aromatic carbocycles. The maximum Gasteiger partial charge on any atom is 0.139 e. The van der Waals surface area contributed by atoms with Crippen LogP contribution in [0.1, 0.15) is 13.3 Å². The Morgan fingerprint density at radius 1 is 1.54 bits per heavy atom. The lowest BCUT2D eigenvalue weighted by atomic mass is 10.3. The van der Waals surface area contributed by atoms with Crippen molar-refractivity contribution >= 4 is 50.1 Å². The van der Waals surface area contributed by atoms with Crippen molar-refractivity contribution < 1.29 is 4.74 Å². The van der Waals surface area contributed by atoms with Gasteiger partial charge in [-0.15, -0.1) is 0 Å². The van der Waals surface area contributed by atoms with Gasteiger partial charge in [0.15, 0.2) is 0 Å². The van der Waals surface area contributed by atoms with Crippen LogP contribution >= 0.6 is 50.1 Å². The monoisotopic (exact) mass is 374 g/mol. The second-order valence-electron chi connectivity index (χ2n) is 2.52. The molecule has 0 N–H and O–H groups in total. The Kier molecular flexibility index (Phi) is 4.83. The van der Waals surface area contributed by atoms with E-state index in [0.717, 1.165) is 20.2 Å². The topological polar surface area (TPSA) is 9.23 Å². The molecule has 0 radical (unpaired) electrons. The lowest BCUT2D eigenvalue weighted by molar-refractivity contribution is 0.317. The van der Waals surface area contributed by atoms with Crippen molar-refractivity contribution in [3.8, 4) is 5.75 Å². The molecule has 1 aromatic rings. The summed E-state index contributed by atoms with van der Waals surface area (Å²) in [4.78, 5) is 0. The highest BCUT2D eigenvalue weighted by Crippen LogP contribution is 2.34. The van der Waals surface area contributed by atoms with E-state index in [0.29, 0.717) is 11.6 Å². The summed E-state index contributed by atoms with van der Waals surface area (Å²) in [6.45, 7) is 2.77. The standard InChI is InChI=1S/C9H9BrClIO/c1-2-5-13-7-4-3-6(10)9(12)8(7)11/h3-4H,2,5H2,1H3. The summed E-state index contributed by atoms with van der Waals surface area (Å²) in [6.07, 6.45) is 0.989. The van der Waals surface area contributed by atoms with Crippen LogP contribution < -0.4 is 4.74 Å². The van der Waals surface area contributed by atoms with Gasteiger partial charge in [0.2, 0.25) is 0 Å². The minimum atomic E-state index is 0.684. The van der Waals surface area contributed by atoms with E-state index in [1.807, 2.05) is 12.1 Å². The van der Waals surface area contributed by atoms with Gasteiger partial charge in [0, 0.05) is 8.04 Å². The number of hydrogen-bond acceptors (Lipinski definition) is 1. The molecule has 0 aromatic heterocycles. The smallest absolute Gasteiger partial charge is 0.139 e. The average molecular weight is 375 g/mol. The summed E-state index contributed by atoms with van der Waals surface area (Å²) < 4.78 is 7.46. The highest BCUT2D eigenvalue weighted by molar-refractivity contribution is 14.1. The van der Waals surface area contributed by atoms with Gasteiger partial charge in [-0.1, -0.05) is 18.5 Å². The third kappa shape index (κ3) is 2.99. The minimum absolute atomic E-state index is 0.684. The summed E-state index contributed by atoms with van der Waals surface area (Å²) in [5, 5.41) is 0.684. The zero-order valence-electron chi connectivity index (χ0n) is 7.11. The molecule has 0 unspecified atom stereocenters. The molecule has 0 spiro atoms.